The van der Waals surface area contributed by atoms with Gasteiger partial charge in [-0.1, -0.05) is 0 Å². The lowest BCUT2D eigenvalue weighted by Gasteiger charge is -1.98. The third-order valence-corrected chi connectivity index (χ3v) is 3.30. The van der Waals surface area contributed by atoms with Gasteiger partial charge >= 0.3 is 5.97 Å². The molecule has 2 aromatic rings. The van der Waals surface area contributed by atoms with E-state index >= 15 is 0 Å². The molecule has 0 unspecified atom stereocenters. The number of fused-ring (bicyclic) bond motifs is 1. The summed E-state index contributed by atoms with van der Waals surface area (Å²) in [6.07, 6.45) is 0. The lowest BCUT2D eigenvalue weighted by Crippen LogP contribution is -2.04. The summed E-state index contributed by atoms with van der Waals surface area (Å²) in [6.45, 7) is 2.02. The smallest absolute Gasteiger partial charge is 0.350 e. The van der Waals surface area contributed by atoms with Crippen LogP contribution in [0.2, 0.25) is 0 Å². The zero-order chi connectivity index (χ0) is 11.7. The Bertz CT molecular complexity index is 550. The molecule has 1 aromatic heterocycles. The van der Waals surface area contributed by atoms with Crippen LogP contribution in [-0.4, -0.2) is 12.6 Å². The van der Waals surface area contributed by atoms with Gasteiger partial charge in [-0.2, -0.15) is 0 Å². The first kappa shape index (κ1) is 10.9. The zero-order valence-electron chi connectivity index (χ0n) is 8.62. The maximum Gasteiger partial charge on any atom is 0.350 e. The van der Waals surface area contributed by atoms with Crippen LogP contribution in [0.3, 0.4) is 0 Å². The highest BCUT2D eigenvalue weighted by molar-refractivity contribution is 7.21. The van der Waals surface area contributed by atoms with Gasteiger partial charge in [0.1, 0.15) is 10.7 Å². The first-order chi connectivity index (χ1) is 7.63. The number of halogens is 1. The largest absolute Gasteiger partial charge is 0.462 e. The van der Waals surface area contributed by atoms with Crippen LogP contribution in [0.15, 0.2) is 18.2 Å². The minimum Gasteiger partial charge on any atom is -0.462 e. The van der Waals surface area contributed by atoms with Gasteiger partial charge in [0.25, 0.3) is 0 Å². The van der Waals surface area contributed by atoms with E-state index in [0.29, 0.717) is 27.3 Å². The number of esters is 1. The van der Waals surface area contributed by atoms with Gasteiger partial charge in [0.15, 0.2) is 0 Å². The molecule has 1 aromatic carbocycles. The van der Waals surface area contributed by atoms with E-state index in [4.69, 9.17) is 10.5 Å². The van der Waals surface area contributed by atoms with E-state index in [9.17, 15) is 9.18 Å². The summed E-state index contributed by atoms with van der Waals surface area (Å²) >= 11 is 1.15. The maximum atomic E-state index is 13.0. The quantitative estimate of drug-likeness (QED) is 0.820. The maximum absolute atomic E-state index is 13.0. The van der Waals surface area contributed by atoms with E-state index in [1.807, 2.05) is 0 Å². The average Bonchev–Trinajstić information content (AvgIpc) is 2.56. The van der Waals surface area contributed by atoms with Gasteiger partial charge in [0, 0.05) is 10.1 Å². The number of anilines is 1. The summed E-state index contributed by atoms with van der Waals surface area (Å²) in [7, 11) is 0. The molecular weight excluding hydrogens is 229 g/mol. The monoisotopic (exact) mass is 239 g/mol. The Morgan fingerprint density at radius 3 is 3.00 bits per heavy atom. The average molecular weight is 239 g/mol. The van der Waals surface area contributed by atoms with Gasteiger partial charge in [0.2, 0.25) is 0 Å². The van der Waals surface area contributed by atoms with Gasteiger partial charge in [-0.25, -0.2) is 9.18 Å². The van der Waals surface area contributed by atoms with Crippen molar-refractivity contribution in [3.63, 3.8) is 0 Å². The molecule has 1 heterocycles. The van der Waals surface area contributed by atoms with Crippen molar-refractivity contribution in [2.75, 3.05) is 12.3 Å². The number of hydrogen-bond donors (Lipinski definition) is 1. The van der Waals surface area contributed by atoms with Crippen molar-refractivity contribution in [3.8, 4) is 0 Å². The molecule has 5 heteroatoms. The van der Waals surface area contributed by atoms with Crippen LogP contribution < -0.4 is 5.73 Å². The summed E-state index contributed by atoms with van der Waals surface area (Å²) in [5.74, 6) is -0.800. The lowest BCUT2D eigenvalue weighted by atomic mass is 10.2. The van der Waals surface area contributed by atoms with Gasteiger partial charge < -0.3 is 10.5 Å². The Morgan fingerprint density at radius 2 is 2.31 bits per heavy atom. The van der Waals surface area contributed by atoms with Crippen LogP contribution in [0.4, 0.5) is 10.1 Å². The summed E-state index contributed by atoms with van der Waals surface area (Å²) in [4.78, 5) is 11.9. The summed E-state index contributed by atoms with van der Waals surface area (Å²) in [6, 6.07) is 4.25. The number of rotatable bonds is 2. The van der Waals surface area contributed by atoms with Crippen LogP contribution in [-0.2, 0) is 4.74 Å². The predicted octanol–water partition coefficient (Wildman–Crippen LogP) is 2.80. The predicted molar refractivity (Wildman–Crippen MR) is 62.2 cm³/mol. The van der Waals surface area contributed by atoms with E-state index < -0.39 is 5.97 Å². The molecule has 0 amide bonds. The molecule has 2 rings (SSSR count). The zero-order valence-corrected chi connectivity index (χ0v) is 9.44. The Hall–Kier alpha value is -1.62. The van der Waals surface area contributed by atoms with Crippen molar-refractivity contribution in [1.29, 1.82) is 0 Å². The molecule has 0 spiro atoms. The molecule has 0 saturated heterocycles. The van der Waals surface area contributed by atoms with Crippen LogP contribution in [0.5, 0.6) is 0 Å². The van der Waals surface area contributed by atoms with E-state index in [1.54, 1.807) is 13.0 Å². The third-order valence-electron chi connectivity index (χ3n) is 2.15. The molecule has 0 aliphatic heterocycles. The minimum absolute atomic E-state index is 0.293. The Kier molecular flexibility index (Phi) is 2.78. The topological polar surface area (TPSA) is 52.3 Å². The molecule has 84 valence electrons. The second-order valence-corrected chi connectivity index (χ2v) is 4.26. The molecule has 3 nitrogen and oxygen atoms in total. The Balaban J connectivity index is 2.55. The van der Waals surface area contributed by atoms with Crippen molar-refractivity contribution in [2.45, 2.75) is 6.92 Å². The Labute approximate surface area is 95.6 Å². The van der Waals surface area contributed by atoms with Crippen LogP contribution >= 0.6 is 11.3 Å². The van der Waals surface area contributed by atoms with Gasteiger partial charge in [0.05, 0.1) is 12.3 Å². The molecule has 0 bridgehead atoms. The number of ether oxygens (including phenoxy) is 1. The fourth-order valence-electron chi connectivity index (χ4n) is 1.44. The number of benzene rings is 1. The highest BCUT2D eigenvalue weighted by Crippen LogP contribution is 2.34. The number of carbonyl (C=O) groups is 1. The fraction of sp³-hybridized carbons (Fsp3) is 0.182. The number of thiophene rings is 1. The molecule has 0 atom stereocenters. The third kappa shape index (κ3) is 1.74. The molecule has 0 saturated carbocycles. The number of nitrogens with two attached hydrogens (primary N) is 1. The molecule has 0 aliphatic rings. The van der Waals surface area contributed by atoms with Crippen molar-refractivity contribution in [2.24, 2.45) is 0 Å². The summed E-state index contributed by atoms with van der Waals surface area (Å²) in [5.41, 5.74) is 6.17. The number of hydrogen-bond acceptors (Lipinski definition) is 4. The van der Waals surface area contributed by atoms with Crippen LogP contribution in [0, 0.1) is 5.82 Å². The van der Waals surface area contributed by atoms with Gasteiger partial charge in [-0.15, -0.1) is 11.3 Å². The van der Waals surface area contributed by atoms with Gasteiger partial charge in [-0.05, 0) is 25.1 Å². The van der Waals surface area contributed by atoms with E-state index in [0.717, 1.165) is 11.3 Å². The molecule has 2 N–H and O–H groups in total. The van der Waals surface area contributed by atoms with Crippen molar-refractivity contribution in [3.05, 3.63) is 28.9 Å². The molecular formula is C11H10FNO2S. The van der Waals surface area contributed by atoms with Crippen molar-refractivity contribution >= 4 is 33.1 Å². The molecule has 0 fully saturated rings. The van der Waals surface area contributed by atoms with Crippen LogP contribution in [0.25, 0.3) is 10.1 Å². The highest BCUT2D eigenvalue weighted by atomic mass is 32.1. The summed E-state index contributed by atoms with van der Waals surface area (Å²) < 4.78 is 18.5. The summed E-state index contributed by atoms with van der Waals surface area (Å²) in [5, 5.41) is 0.689. The standard InChI is InChI=1S/C11H10FNO2S/c1-2-15-11(14)10-9(13)7-4-3-6(12)5-8(7)16-10/h3-5H,2,13H2,1H3. The van der Waals surface area contributed by atoms with E-state index in [-0.39, 0.29) is 5.82 Å². The Morgan fingerprint density at radius 1 is 1.56 bits per heavy atom. The highest BCUT2D eigenvalue weighted by Gasteiger charge is 2.17. The van der Waals surface area contributed by atoms with Gasteiger partial charge in [-0.3, -0.25) is 0 Å². The second kappa shape index (κ2) is 4.09. The number of nitrogen functional groups attached to an aromatic ring is 1. The minimum atomic E-state index is -0.457. The van der Waals surface area contributed by atoms with E-state index in [2.05, 4.69) is 0 Å². The first-order valence-electron chi connectivity index (χ1n) is 4.78. The first-order valence-corrected chi connectivity index (χ1v) is 5.59. The second-order valence-electron chi connectivity index (χ2n) is 3.21. The van der Waals surface area contributed by atoms with Crippen molar-refractivity contribution < 1.29 is 13.9 Å². The molecule has 16 heavy (non-hydrogen) atoms. The molecule has 0 radical (unpaired) electrons. The number of carbonyl (C=O) groups excluding carboxylic acids is 1. The normalized spacial score (nSPS) is 10.6. The van der Waals surface area contributed by atoms with Crippen LogP contribution in [0.1, 0.15) is 16.6 Å². The van der Waals surface area contributed by atoms with E-state index in [1.165, 1.54) is 12.1 Å². The fourth-order valence-corrected chi connectivity index (χ4v) is 2.48. The molecule has 0 aliphatic carbocycles. The SMILES string of the molecule is CCOC(=O)c1sc2cc(F)ccc2c1N. The van der Waals surface area contributed by atoms with Crippen molar-refractivity contribution in [1.82, 2.24) is 0 Å². The lowest BCUT2D eigenvalue weighted by molar-refractivity contribution is 0.0533.